The van der Waals surface area contributed by atoms with Crippen LogP contribution in [0.1, 0.15) is 28.8 Å². The Morgan fingerprint density at radius 3 is 2.96 bits per heavy atom. The molecule has 2 N–H and O–H groups in total. The third-order valence-corrected chi connectivity index (χ3v) is 7.11. The first-order valence-electron chi connectivity index (χ1n) is 10.3. The Kier molecular flexibility index (Phi) is 4.09. The first-order chi connectivity index (χ1) is 13.6. The highest BCUT2D eigenvalue weighted by Gasteiger charge is 2.48. The van der Waals surface area contributed by atoms with Crippen LogP contribution < -0.4 is 0 Å². The number of phenolic OH excluding ortho intramolecular Hbond substituents is 1. The Hall–Kier alpha value is -2.52. The number of likely N-dealkylation sites (tertiary alicyclic amines) is 1. The zero-order valence-corrected chi connectivity index (χ0v) is 16.5. The number of phenols is 1. The second-order valence-corrected chi connectivity index (χ2v) is 8.66. The Labute approximate surface area is 166 Å². The van der Waals surface area contributed by atoms with Crippen LogP contribution in [0.4, 0.5) is 0 Å². The molecule has 0 saturated carbocycles. The fraction of sp³-hybridized carbons (Fsp3) is 0.360. The summed E-state index contributed by atoms with van der Waals surface area (Å²) in [5.41, 5.74) is 6.89. The van der Waals surface area contributed by atoms with Crippen molar-refractivity contribution in [2.75, 3.05) is 19.6 Å². The molecule has 2 aliphatic rings. The van der Waals surface area contributed by atoms with Crippen LogP contribution in [0.25, 0.3) is 10.9 Å². The molecule has 1 saturated heterocycles. The van der Waals surface area contributed by atoms with Crippen molar-refractivity contribution in [2.45, 2.75) is 31.6 Å². The quantitative estimate of drug-likeness (QED) is 0.653. The SMILES string of the molecule is C=CCN1CC[C@]2(c3cccc(O)c3)Cc3[nH]c4cccc(C)c4c3CC2C1. The number of H-pyrrole nitrogens is 1. The van der Waals surface area contributed by atoms with E-state index >= 15 is 0 Å². The molecule has 5 rings (SSSR count). The number of aromatic hydroxyl groups is 1. The predicted molar refractivity (Wildman–Crippen MR) is 115 cm³/mol. The van der Waals surface area contributed by atoms with Gasteiger partial charge in [0.1, 0.15) is 5.75 Å². The van der Waals surface area contributed by atoms with Gasteiger partial charge in [0.15, 0.2) is 0 Å². The average molecular weight is 373 g/mol. The van der Waals surface area contributed by atoms with Gasteiger partial charge in [0.2, 0.25) is 0 Å². The van der Waals surface area contributed by atoms with Gasteiger partial charge < -0.3 is 10.1 Å². The molecule has 3 nitrogen and oxygen atoms in total. The Morgan fingerprint density at radius 2 is 2.14 bits per heavy atom. The summed E-state index contributed by atoms with van der Waals surface area (Å²) in [7, 11) is 0. The number of hydrogen-bond acceptors (Lipinski definition) is 2. The molecule has 0 radical (unpaired) electrons. The zero-order chi connectivity index (χ0) is 19.3. The van der Waals surface area contributed by atoms with Crippen molar-refractivity contribution >= 4 is 10.9 Å². The minimum Gasteiger partial charge on any atom is -0.508 e. The highest BCUT2D eigenvalue weighted by molar-refractivity contribution is 5.88. The van der Waals surface area contributed by atoms with Crippen LogP contribution >= 0.6 is 0 Å². The molecule has 0 bridgehead atoms. The molecule has 1 fully saturated rings. The molecule has 1 aromatic heterocycles. The number of benzene rings is 2. The number of piperidine rings is 1. The number of aromatic nitrogens is 1. The van der Waals surface area contributed by atoms with Crippen molar-refractivity contribution < 1.29 is 5.11 Å². The van der Waals surface area contributed by atoms with Gasteiger partial charge in [-0.2, -0.15) is 0 Å². The van der Waals surface area contributed by atoms with E-state index in [0.717, 1.165) is 38.9 Å². The fourth-order valence-corrected chi connectivity index (χ4v) is 5.78. The van der Waals surface area contributed by atoms with E-state index < -0.39 is 0 Å². The molecule has 0 amide bonds. The third kappa shape index (κ3) is 2.61. The monoisotopic (exact) mass is 372 g/mol. The normalized spacial score (nSPS) is 24.7. The Morgan fingerprint density at radius 1 is 1.29 bits per heavy atom. The van der Waals surface area contributed by atoms with Gasteiger partial charge in [0.05, 0.1) is 0 Å². The van der Waals surface area contributed by atoms with Gasteiger partial charge >= 0.3 is 0 Å². The van der Waals surface area contributed by atoms with Gasteiger partial charge in [0, 0.05) is 35.1 Å². The van der Waals surface area contributed by atoms with Crippen LogP contribution in [-0.4, -0.2) is 34.6 Å². The fourth-order valence-electron chi connectivity index (χ4n) is 5.78. The lowest BCUT2D eigenvalue weighted by Gasteiger charge is -2.51. The smallest absolute Gasteiger partial charge is 0.115 e. The number of rotatable bonds is 3. The van der Waals surface area contributed by atoms with Crippen LogP contribution in [0.5, 0.6) is 5.75 Å². The molecule has 2 heterocycles. The summed E-state index contributed by atoms with van der Waals surface area (Å²) in [4.78, 5) is 6.28. The van der Waals surface area contributed by atoms with E-state index in [1.807, 2.05) is 18.2 Å². The molecular formula is C25H28N2O. The van der Waals surface area contributed by atoms with Gasteiger partial charge in [-0.05, 0) is 73.5 Å². The zero-order valence-electron chi connectivity index (χ0n) is 16.5. The molecule has 28 heavy (non-hydrogen) atoms. The first kappa shape index (κ1) is 17.6. The van der Waals surface area contributed by atoms with Crippen LogP contribution in [-0.2, 0) is 18.3 Å². The third-order valence-electron chi connectivity index (χ3n) is 7.11. The lowest BCUT2D eigenvalue weighted by Crippen LogP contribution is -2.53. The van der Waals surface area contributed by atoms with E-state index in [1.54, 1.807) is 6.07 Å². The van der Waals surface area contributed by atoms with E-state index in [1.165, 1.54) is 33.3 Å². The molecular weight excluding hydrogens is 344 g/mol. The molecule has 2 aromatic carbocycles. The molecule has 144 valence electrons. The van der Waals surface area contributed by atoms with Crippen LogP contribution in [0.15, 0.2) is 55.1 Å². The lowest BCUT2D eigenvalue weighted by atomic mass is 9.58. The second-order valence-electron chi connectivity index (χ2n) is 8.66. The van der Waals surface area contributed by atoms with Gasteiger partial charge in [0.25, 0.3) is 0 Å². The minimum atomic E-state index is 0.0815. The largest absolute Gasteiger partial charge is 0.508 e. The van der Waals surface area contributed by atoms with Gasteiger partial charge in [-0.3, -0.25) is 4.90 Å². The Bertz CT molecular complexity index is 1050. The Balaban J connectivity index is 1.65. The maximum Gasteiger partial charge on any atom is 0.115 e. The summed E-state index contributed by atoms with van der Waals surface area (Å²) in [5.74, 6) is 0.909. The summed E-state index contributed by atoms with van der Waals surface area (Å²) in [6.45, 7) is 9.28. The molecule has 1 aliphatic carbocycles. The van der Waals surface area contributed by atoms with E-state index in [9.17, 15) is 5.11 Å². The molecule has 1 aliphatic heterocycles. The lowest BCUT2D eigenvalue weighted by molar-refractivity contribution is 0.0896. The van der Waals surface area contributed by atoms with E-state index in [0.29, 0.717) is 11.7 Å². The van der Waals surface area contributed by atoms with E-state index in [-0.39, 0.29) is 5.41 Å². The molecule has 3 heteroatoms. The minimum absolute atomic E-state index is 0.0815. The number of fused-ring (bicyclic) bond motifs is 4. The summed E-state index contributed by atoms with van der Waals surface area (Å²) in [6.07, 6.45) is 5.24. The van der Waals surface area contributed by atoms with Crippen LogP contribution in [0.2, 0.25) is 0 Å². The average Bonchev–Trinajstić information content (AvgIpc) is 3.04. The van der Waals surface area contributed by atoms with Crippen LogP contribution in [0.3, 0.4) is 0 Å². The first-order valence-corrected chi connectivity index (χ1v) is 10.3. The number of nitrogens with one attached hydrogen (secondary N) is 1. The van der Waals surface area contributed by atoms with Gasteiger partial charge in [-0.25, -0.2) is 0 Å². The van der Waals surface area contributed by atoms with Crippen LogP contribution in [0, 0.1) is 12.8 Å². The number of aryl methyl sites for hydroxylation is 1. The van der Waals surface area contributed by atoms with E-state index in [2.05, 4.69) is 47.7 Å². The second kappa shape index (κ2) is 6.52. The highest BCUT2D eigenvalue weighted by atomic mass is 16.3. The van der Waals surface area contributed by atoms with Crippen molar-refractivity contribution in [3.63, 3.8) is 0 Å². The standard InChI is InChI=1S/C25H28N2O/c1-3-11-27-12-10-25(18-7-5-8-20(28)13-18)15-23-21(14-19(25)16-27)24-17(2)6-4-9-22(24)26-23/h3-9,13,19,26,28H,1,10-12,14-16H2,2H3/t19?,25-/m1/s1. The summed E-state index contributed by atoms with van der Waals surface area (Å²) < 4.78 is 0. The van der Waals surface area contributed by atoms with Gasteiger partial charge in [-0.1, -0.05) is 30.3 Å². The molecule has 3 aromatic rings. The number of hydrogen-bond donors (Lipinski definition) is 2. The summed E-state index contributed by atoms with van der Waals surface area (Å²) in [5, 5.41) is 11.6. The van der Waals surface area contributed by atoms with Gasteiger partial charge in [-0.15, -0.1) is 6.58 Å². The number of aromatic amines is 1. The predicted octanol–water partition coefficient (Wildman–Crippen LogP) is 4.73. The van der Waals surface area contributed by atoms with E-state index in [4.69, 9.17) is 0 Å². The molecule has 0 spiro atoms. The van der Waals surface area contributed by atoms with Crippen molar-refractivity contribution in [2.24, 2.45) is 5.92 Å². The maximum absolute atomic E-state index is 10.2. The highest BCUT2D eigenvalue weighted by Crippen LogP contribution is 2.49. The summed E-state index contributed by atoms with van der Waals surface area (Å²) in [6, 6.07) is 14.6. The topological polar surface area (TPSA) is 39.3 Å². The molecule has 1 unspecified atom stereocenters. The maximum atomic E-state index is 10.2. The van der Waals surface area contributed by atoms with Crippen molar-refractivity contribution in [3.8, 4) is 5.75 Å². The van der Waals surface area contributed by atoms with Crippen molar-refractivity contribution in [3.05, 3.63) is 77.5 Å². The summed E-state index contributed by atoms with van der Waals surface area (Å²) >= 11 is 0. The molecule has 2 atom stereocenters. The van der Waals surface area contributed by atoms with Crippen molar-refractivity contribution in [1.29, 1.82) is 0 Å². The van der Waals surface area contributed by atoms with Crippen molar-refractivity contribution in [1.82, 2.24) is 9.88 Å². The number of nitrogens with zero attached hydrogens (tertiary/aromatic N) is 1.